The van der Waals surface area contributed by atoms with Crippen molar-refractivity contribution >= 4 is 27.9 Å². The van der Waals surface area contributed by atoms with Crippen molar-refractivity contribution in [1.29, 1.82) is 5.26 Å². The van der Waals surface area contributed by atoms with Gasteiger partial charge in [0.05, 0.1) is 10.6 Å². The molecule has 1 unspecified atom stereocenters. The maximum Gasteiger partial charge on any atom is 0.271 e. The van der Waals surface area contributed by atoms with Gasteiger partial charge in [0.25, 0.3) is 11.8 Å². The van der Waals surface area contributed by atoms with Gasteiger partial charge in [0, 0.05) is 42.5 Å². The number of sulfonamides is 1. The maximum absolute atomic E-state index is 13.6. The molecule has 9 nitrogen and oxygen atoms in total. The lowest BCUT2D eigenvalue weighted by Crippen LogP contribution is -2.42. The van der Waals surface area contributed by atoms with Crippen LogP contribution in [-0.2, 0) is 19.6 Å². The highest BCUT2D eigenvalue weighted by atomic mass is 32.2. The Kier molecular flexibility index (Phi) is 7.76. The summed E-state index contributed by atoms with van der Waals surface area (Å²) in [6, 6.07) is 18.0. The van der Waals surface area contributed by atoms with E-state index in [4.69, 9.17) is 5.10 Å². The Morgan fingerprint density at radius 1 is 1.10 bits per heavy atom. The van der Waals surface area contributed by atoms with E-state index in [1.807, 2.05) is 36.4 Å². The lowest BCUT2D eigenvalue weighted by Gasteiger charge is -2.30. The van der Waals surface area contributed by atoms with Crippen molar-refractivity contribution < 1.29 is 18.0 Å². The molecule has 0 spiro atoms. The molecule has 1 aromatic heterocycles. The first-order chi connectivity index (χ1) is 19.6. The minimum Gasteiger partial charge on any atom is -0.274 e. The van der Waals surface area contributed by atoms with Crippen LogP contribution < -0.4 is 0 Å². The van der Waals surface area contributed by atoms with Crippen molar-refractivity contribution in [2.75, 3.05) is 19.6 Å². The van der Waals surface area contributed by atoms with Crippen LogP contribution >= 0.6 is 0 Å². The van der Waals surface area contributed by atoms with Gasteiger partial charge in [0.1, 0.15) is 17.3 Å². The monoisotopic (exact) mass is 569 g/mol. The molecule has 5 rings (SSSR count). The second kappa shape index (κ2) is 11.3. The molecule has 1 fully saturated rings. The molecule has 3 aromatic rings. The molecular formula is C31H31N5O4S. The van der Waals surface area contributed by atoms with Crippen LogP contribution in [0.25, 0.3) is 23.0 Å². The van der Waals surface area contributed by atoms with Gasteiger partial charge in [-0.2, -0.15) is 14.7 Å². The Morgan fingerprint density at radius 2 is 1.85 bits per heavy atom. The average molecular weight is 570 g/mol. The lowest BCUT2D eigenvalue weighted by atomic mass is 9.93. The SMILES string of the molecule is CCN1C(=O)C(C#N)=C(C)/C(=C\c2cn(-c3ccccc3)nc2-c2cccc(S(=O)(=O)N3CCCC(C)C3)c2)C1=O. The van der Waals surface area contributed by atoms with Crippen molar-refractivity contribution in [2.45, 2.75) is 38.5 Å². The molecule has 210 valence electrons. The van der Waals surface area contributed by atoms with E-state index < -0.39 is 21.8 Å². The number of nitrogens with zero attached hydrogens (tertiary/aromatic N) is 5. The maximum atomic E-state index is 13.6. The molecule has 1 atom stereocenters. The standard InChI is InChI=1S/C31H31N5O4S/c1-4-35-30(37)27(22(3)28(18-32)31(35)38)17-24-20-36(25-12-6-5-7-13-25)33-29(24)23-11-8-14-26(16-23)41(39,40)34-15-9-10-21(2)19-34/h5-8,11-14,16-17,20-21H,4,9-10,15,19H2,1-3H3/b27-17+. The highest BCUT2D eigenvalue weighted by molar-refractivity contribution is 7.89. The second-order valence-corrected chi connectivity index (χ2v) is 12.3. The average Bonchev–Trinajstić information content (AvgIpc) is 3.40. The second-order valence-electron chi connectivity index (χ2n) is 10.4. The summed E-state index contributed by atoms with van der Waals surface area (Å²) < 4.78 is 30.3. The largest absolute Gasteiger partial charge is 0.274 e. The minimum atomic E-state index is -3.71. The first-order valence-electron chi connectivity index (χ1n) is 13.6. The smallest absolute Gasteiger partial charge is 0.271 e. The zero-order valence-corrected chi connectivity index (χ0v) is 24.1. The van der Waals surface area contributed by atoms with E-state index in [0.29, 0.717) is 41.4 Å². The summed E-state index contributed by atoms with van der Waals surface area (Å²) in [7, 11) is -3.71. The highest BCUT2D eigenvalue weighted by Gasteiger charge is 2.35. The van der Waals surface area contributed by atoms with Gasteiger partial charge in [0.15, 0.2) is 0 Å². The summed E-state index contributed by atoms with van der Waals surface area (Å²) in [6.45, 7) is 6.41. The minimum absolute atomic E-state index is 0.0847. The summed E-state index contributed by atoms with van der Waals surface area (Å²) in [4.78, 5) is 27.2. The van der Waals surface area contributed by atoms with Crippen LogP contribution in [0.2, 0.25) is 0 Å². The number of para-hydroxylation sites is 1. The van der Waals surface area contributed by atoms with Crippen LogP contribution in [0.5, 0.6) is 0 Å². The molecule has 0 bridgehead atoms. The van der Waals surface area contributed by atoms with E-state index in [1.54, 1.807) is 59.4 Å². The molecule has 0 saturated carbocycles. The molecule has 1 saturated heterocycles. The van der Waals surface area contributed by atoms with Crippen LogP contribution in [-0.4, -0.2) is 58.9 Å². The molecule has 10 heteroatoms. The molecule has 0 radical (unpaired) electrons. The number of likely N-dealkylation sites (N-methyl/N-ethyl adjacent to an activating group) is 1. The topological polar surface area (TPSA) is 116 Å². The normalized spacial score (nSPS) is 19.6. The zero-order chi connectivity index (χ0) is 29.3. The van der Waals surface area contributed by atoms with E-state index in [0.717, 1.165) is 23.4 Å². The Labute approximate surface area is 240 Å². The van der Waals surface area contributed by atoms with E-state index in [1.165, 1.54) is 0 Å². The fourth-order valence-corrected chi connectivity index (χ4v) is 6.96. The van der Waals surface area contributed by atoms with Gasteiger partial charge in [-0.1, -0.05) is 37.3 Å². The predicted molar refractivity (Wildman–Crippen MR) is 155 cm³/mol. The number of hydrogen-bond donors (Lipinski definition) is 0. The molecule has 0 aliphatic carbocycles. The molecule has 2 aliphatic heterocycles. The number of benzene rings is 2. The number of nitriles is 1. The van der Waals surface area contributed by atoms with Crippen molar-refractivity contribution in [2.24, 2.45) is 5.92 Å². The van der Waals surface area contributed by atoms with Crippen LogP contribution in [0.15, 0.2) is 82.4 Å². The Morgan fingerprint density at radius 3 is 2.54 bits per heavy atom. The van der Waals surface area contributed by atoms with Crippen LogP contribution in [0, 0.1) is 17.2 Å². The van der Waals surface area contributed by atoms with Crippen molar-refractivity contribution in [3.63, 3.8) is 0 Å². The van der Waals surface area contributed by atoms with Crippen molar-refractivity contribution in [3.05, 3.63) is 83.1 Å². The summed E-state index contributed by atoms with van der Waals surface area (Å²) in [5.41, 5.74) is 2.76. The van der Waals surface area contributed by atoms with E-state index in [2.05, 4.69) is 6.92 Å². The van der Waals surface area contributed by atoms with Crippen molar-refractivity contribution in [1.82, 2.24) is 19.0 Å². The molecule has 2 aliphatic rings. The first kappa shape index (κ1) is 28.2. The van der Waals surface area contributed by atoms with Crippen molar-refractivity contribution in [3.8, 4) is 23.0 Å². The van der Waals surface area contributed by atoms with Gasteiger partial charge < -0.3 is 0 Å². The van der Waals surface area contributed by atoms with E-state index >= 15 is 0 Å². The molecule has 2 amide bonds. The Bertz CT molecular complexity index is 1730. The highest BCUT2D eigenvalue weighted by Crippen LogP contribution is 2.33. The summed E-state index contributed by atoms with van der Waals surface area (Å²) in [5, 5.41) is 14.5. The van der Waals surface area contributed by atoms with Crippen LogP contribution in [0.1, 0.15) is 39.2 Å². The van der Waals surface area contributed by atoms with Gasteiger partial charge in [-0.05, 0) is 68.5 Å². The zero-order valence-electron chi connectivity index (χ0n) is 23.2. The number of imide groups is 1. The van der Waals surface area contributed by atoms with Gasteiger partial charge in [-0.25, -0.2) is 13.1 Å². The molecular weight excluding hydrogens is 538 g/mol. The van der Waals surface area contributed by atoms with E-state index in [-0.39, 0.29) is 22.6 Å². The third-order valence-corrected chi connectivity index (χ3v) is 9.43. The summed E-state index contributed by atoms with van der Waals surface area (Å²) in [5.74, 6) is -0.818. The summed E-state index contributed by atoms with van der Waals surface area (Å²) >= 11 is 0. The fraction of sp³-hybridized carbons (Fsp3) is 0.290. The summed E-state index contributed by atoms with van der Waals surface area (Å²) in [6.07, 6.45) is 5.20. The number of aromatic nitrogens is 2. The van der Waals surface area contributed by atoms with Gasteiger partial charge in [-0.3, -0.25) is 14.5 Å². The number of carbonyl (C=O) groups excluding carboxylic acids is 2. The Hall–Kier alpha value is -4.33. The third-order valence-electron chi connectivity index (χ3n) is 7.57. The number of carbonyl (C=O) groups is 2. The quantitative estimate of drug-likeness (QED) is 0.317. The fourth-order valence-electron chi connectivity index (χ4n) is 5.32. The van der Waals surface area contributed by atoms with Crippen LogP contribution in [0.4, 0.5) is 0 Å². The predicted octanol–water partition coefficient (Wildman–Crippen LogP) is 4.57. The first-order valence-corrected chi connectivity index (χ1v) is 15.0. The molecule has 3 heterocycles. The molecule has 41 heavy (non-hydrogen) atoms. The molecule has 2 aromatic carbocycles. The number of piperidine rings is 1. The van der Waals surface area contributed by atoms with Gasteiger partial charge >= 0.3 is 0 Å². The van der Waals surface area contributed by atoms with Gasteiger partial charge in [0.2, 0.25) is 10.0 Å². The third kappa shape index (κ3) is 5.26. The van der Waals surface area contributed by atoms with E-state index in [9.17, 15) is 23.3 Å². The number of amides is 2. The lowest BCUT2D eigenvalue weighted by molar-refractivity contribution is -0.140. The van der Waals surface area contributed by atoms with Crippen LogP contribution in [0.3, 0.4) is 0 Å². The van der Waals surface area contributed by atoms with Gasteiger partial charge in [-0.15, -0.1) is 0 Å². The Balaban J connectivity index is 1.66. The molecule has 0 N–H and O–H groups in total. The number of hydrogen-bond acceptors (Lipinski definition) is 6. The number of rotatable bonds is 6.